The molecule has 0 heterocycles. The van der Waals surface area contributed by atoms with E-state index >= 15 is 0 Å². The number of benzene rings is 2. The van der Waals surface area contributed by atoms with Crippen LogP contribution in [0.2, 0.25) is 15.1 Å². The SMILES string of the molecule is Cc1cc(Cl)ccc1C(=O)C(C#N)c1ccc(Cl)c(Cl)c1. The fourth-order valence-electron chi connectivity index (χ4n) is 2.04. The second-order valence-corrected chi connectivity index (χ2v) is 5.81. The fourth-order valence-corrected chi connectivity index (χ4v) is 2.57. The highest BCUT2D eigenvalue weighted by atomic mass is 35.5. The third kappa shape index (κ3) is 3.39. The first-order chi connectivity index (χ1) is 9.93. The zero-order chi connectivity index (χ0) is 15.6. The second-order valence-electron chi connectivity index (χ2n) is 4.56. The van der Waals surface area contributed by atoms with Crippen LogP contribution in [0.5, 0.6) is 0 Å². The molecule has 0 fully saturated rings. The number of ketones is 1. The number of rotatable bonds is 3. The van der Waals surface area contributed by atoms with Gasteiger partial charge in [0.05, 0.1) is 16.1 Å². The van der Waals surface area contributed by atoms with Crippen molar-refractivity contribution in [2.24, 2.45) is 0 Å². The third-order valence-electron chi connectivity index (χ3n) is 3.12. The van der Waals surface area contributed by atoms with Gasteiger partial charge in [0.1, 0.15) is 5.92 Å². The van der Waals surface area contributed by atoms with Crippen LogP contribution in [0.1, 0.15) is 27.4 Å². The average molecular weight is 339 g/mol. The molecule has 0 spiro atoms. The summed E-state index contributed by atoms with van der Waals surface area (Å²) in [5, 5.41) is 10.6. The van der Waals surface area contributed by atoms with Crippen LogP contribution in [0.15, 0.2) is 36.4 Å². The first-order valence-electron chi connectivity index (χ1n) is 6.09. The zero-order valence-corrected chi connectivity index (χ0v) is 13.3. The smallest absolute Gasteiger partial charge is 0.184 e. The number of halogens is 3. The van der Waals surface area contributed by atoms with Gasteiger partial charge in [-0.3, -0.25) is 4.79 Å². The molecule has 0 saturated heterocycles. The molecule has 2 aromatic carbocycles. The number of nitrogens with zero attached hydrogens (tertiary/aromatic N) is 1. The molecule has 0 aliphatic carbocycles. The predicted octanol–water partition coefficient (Wildman–Crippen LogP) is 5.45. The monoisotopic (exact) mass is 337 g/mol. The number of Topliss-reactive ketones (excluding diaryl/α,β-unsaturated/α-hetero) is 1. The van der Waals surface area contributed by atoms with E-state index in [2.05, 4.69) is 0 Å². The van der Waals surface area contributed by atoms with Crippen molar-refractivity contribution < 1.29 is 4.79 Å². The van der Waals surface area contributed by atoms with E-state index in [1.165, 1.54) is 0 Å². The molecule has 2 nitrogen and oxygen atoms in total. The lowest BCUT2D eigenvalue weighted by atomic mass is 9.90. The van der Waals surface area contributed by atoms with Crippen LogP contribution >= 0.6 is 34.8 Å². The van der Waals surface area contributed by atoms with Crippen molar-refractivity contribution in [1.29, 1.82) is 5.26 Å². The van der Waals surface area contributed by atoms with Gasteiger partial charge in [0.15, 0.2) is 5.78 Å². The molecule has 0 amide bonds. The van der Waals surface area contributed by atoms with Gasteiger partial charge in [0.25, 0.3) is 0 Å². The highest BCUT2D eigenvalue weighted by Gasteiger charge is 2.23. The molecule has 1 unspecified atom stereocenters. The predicted molar refractivity (Wildman–Crippen MR) is 85.3 cm³/mol. The summed E-state index contributed by atoms with van der Waals surface area (Å²) in [5.74, 6) is -1.22. The van der Waals surface area contributed by atoms with Gasteiger partial charge < -0.3 is 0 Å². The molecule has 0 N–H and O–H groups in total. The summed E-state index contributed by atoms with van der Waals surface area (Å²) in [6.07, 6.45) is 0. The molecule has 21 heavy (non-hydrogen) atoms. The molecular formula is C16H10Cl3NO. The van der Waals surface area contributed by atoms with Gasteiger partial charge in [-0.15, -0.1) is 0 Å². The summed E-state index contributed by atoms with van der Waals surface area (Å²) in [7, 11) is 0. The van der Waals surface area contributed by atoms with Gasteiger partial charge >= 0.3 is 0 Å². The number of carbonyl (C=O) groups is 1. The Bertz CT molecular complexity index is 750. The molecular weight excluding hydrogens is 329 g/mol. The van der Waals surface area contributed by atoms with Crippen molar-refractivity contribution in [1.82, 2.24) is 0 Å². The minimum atomic E-state index is -0.931. The van der Waals surface area contributed by atoms with E-state index in [1.54, 1.807) is 43.3 Å². The van der Waals surface area contributed by atoms with E-state index in [1.807, 2.05) is 6.07 Å². The topological polar surface area (TPSA) is 40.9 Å². The van der Waals surface area contributed by atoms with E-state index in [9.17, 15) is 10.1 Å². The second kappa shape index (κ2) is 6.49. The molecule has 0 bridgehead atoms. The van der Waals surface area contributed by atoms with Crippen LogP contribution in [0.4, 0.5) is 0 Å². The van der Waals surface area contributed by atoms with Gasteiger partial charge in [0, 0.05) is 10.6 Å². The van der Waals surface area contributed by atoms with Crippen molar-refractivity contribution in [3.8, 4) is 6.07 Å². The summed E-state index contributed by atoms with van der Waals surface area (Å²) < 4.78 is 0. The lowest BCUT2D eigenvalue weighted by Crippen LogP contribution is -2.12. The van der Waals surface area contributed by atoms with E-state index in [4.69, 9.17) is 34.8 Å². The molecule has 0 aromatic heterocycles. The standard InChI is InChI=1S/C16H10Cl3NO/c1-9-6-11(17)3-4-12(9)16(21)13(8-20)10-2-5-14(18)15(19)7-10/h2-7,13H,1H3. The lowest BCUT2D eigenvalue weighted by Gasteiger charge is -2.11. The van der Waals surface area contributed by atoms with Gasteiger partial charge in [-0.2, -0.15) is 5.26 Å². The van der Waals surface area contributed by atoms with E-state index in [0.29, 0.717) is 26.2 Å². The molecule has 0 saturated carbocycles. The number of hydrogen-bond donors (Lipinski definition) is 0. The Labute approximate surface area is 137 Å². The molecule has 0 aliphatic rings. The molecule has 2 aromatic rings. The summed E-state index contributed by atoms with van der Waals surface area (Å²) in [5.41, 5.74) is 1.72. The Morgan fingerprint density at radius 3 is 2.38 bits per heavy atom. The molecule has 5 heteroatoms. The first kappa shape index (κ1) is 15.9. The van der Waals surface area contributed by atoms with E-state index < -0.39 is 5.92 Å². The number of carbonyl (C=O) groups excluding carboxylic acids is 1. The van der Waals surface area contributed by atoms with Crippen LogP contribution in [-0.2, 0) is 0 Å². The summed E-state index contributed by atoms with van der Waals surface area (Å²) in [4.78, 5) is 12.6. The average Bonchev–Trinajstić information content (AvgIpc) is 2.43. The molecule has 106 valence electrons. The third-order valence-corrected chi connectivity index (χ3v) is 4.10. The first-order valence-corrected chi connectivity index (χ1v) is 7.22. The Morgan fingerprint density at radius 2 is 1.81 bits per heavy atom. The van der Waals surface area contributed by atoms with Crippen molar-refractivity contribution >= 4 is 40.6 Å². The lowest BCUT2D eigenvalue weighted by molar-refractivity contribution is 0.0978. The number of nitriles is 1. The van der Waals surface area contributed by atoms with E-state index in [0.717, 1.165) is 5.56 Å². The number of aryl methyl sites for hydroxylation is 1. The number of hydrogen-bond acceptors (Lipinski definition) is 2. The quantitative estimate of drug-likeness (QED) is 0.699. The van der Waals surface area contributed by atoms with Crippen LogP contribution < -0.4 is 0 Å². The van der Waals surface area contributed by atoms with Crippen LogP contribution in [-0.4, -0.2) is 5.78 Å². The molecule has 0 radical (unpaired) electrons. The Hall–Kier alpha value is -1.53. The van der Waals surface area contributed by atoms with Crippen LogP contribution in [0, 0.1) is 18.3 Å². The molecule has 2 rings (SSSR count). The maximum atomic E-state index is 12.6. The highest BCUT2D eigenvalue weighted by molar-refractivity contribution is 6.42. The van der Waals surface area contributed by atoms with Crippen LogP contribution in [0.25, 0.3) is 0 Å². The normalized spacial score (nSPS) is 11.8. The van der Waals surface area contributed by atoms with Gasteiger partial charge in [-0.25, -0.2) is 0 Å². The highest BCUT2D eigenvalue weighted by Crippen LogP contribution is 2.29. The molecule has 1 atom stereocenters. The minimum Gasteiger partial charge on any atom is -0.292 e. The fraction of sp³-hybridized carbons (Fsp3) is 0.125. The van der Waals surface area contributed by atoms with Gasteiger partial charge in [0.2, 0.25) is 0 Å². The van der Waals surface area contributed by atoms with Crippen molar-refractivity contribution in [3.63, 3.8) is 0 Å². The maximum Gasteiger partial charge on any atom is 0.184 e. The largest absolute Gasteiger partial charge is 0.292 e. The summed E-state index contributed by atoms with van der Waals surface area (Å²) >= 11 is 17.7. The molecule has 0 aliphatic heterocycles. The summed E-state index contributed by atoms with van der Waals surface area (Å²) in [6, 6.07) is 11.7. The zero-order valence-electron chi connectivity index (χ0n) is 11.0. The van der Waals surface area contributed by atoms with E-state index in [-0.39, 0.29) is 5.78 Å². The van der Waals surface area contributed by atoms with Gasteiger partial charge in [-0.05, 0) is 48.4 Å². The maximum absolute atomic E-state index is 12.6. The van der Waals surface area contributed by atoms with Crippen molar-refractivity contribution in [2.45, 2.75) is 12.8 Å². The Kier molecular flexibility index (Phi) is 4.90. The van der Waals surface area contributed by atoms with Crippen LogP contribution in [0.3, 0.4) is 0 Å². The van der Waals surface area contributed by atoms with Gasteiger partial charge in [-0.1, -0.05) is 40.9 Å². The summed E-state index contributed by atoms with van der Waals surface area (Å²) in [6.45, 7) is 1.78. The van der Waals surface area contributed by atoms with Crippen molar-refractivity contribution in [2.75, 3.05) is 0 Å². The Morgan fingerprint density at radius 1 is 1.10 bits per heavy atom. The van der Waals surface area contributed by atoms with Crippen molar-refractivity contribution in [3.05, 3.63) is 68.2 Å². The minimum absolute atomic E-state index is 0.287. The Balaban J connectivity index is 2.43.